The van der Waals surface area contributed by atoms with E-state index in [0.29, 0.717) is 5.56 Å². The van der Waals surface area contributed by atoms with Crippen molar-refractivity contribution in [1.29, 1.82) is 0 Å². The molecule has 1 aromatic heterocycles. The topological polar surface area (TPSA) is 54.3 Å². The minimum absolute atomic E-state index is 0.0558. The summed E-state index contributed by atoms with van der Waals surface area (Å²) in [6.45, 7) is 3.84. The van der Waals surface area contributed by atoms with Gasteiger partial charge >= 0.3 is 0 Å². The van der Waals surface area contributed by atoms with Crippen molar-refractivity contribution in [2.24, 2.45) is 7.05 Å². The fourth-order valence-corrected chi connectivity index (χ4v) is 2.37. The Bertz CT molecular complexity index is 673. The average molecular weight is 287 g/mol. The second kappa shape index (κ2) is 5.99. The molecule has 0 aliphatic carbocycles. The van der Waals surface area contributed by atoms with Crippen molar-refractivity contribution < 1.29 is 9.59 Å². The third-order valence-electron chi connectivity index (χ3n) is 3.30. The molecule has 2 aromatic rings. The van der Waals surface area contributed by atoms with E-state index in [9.17, 15) is 9.59 Å². The summed E-state index contributed by atoms with van der Waals surface area (Å²) in [6.07, 6.45) is 1.81. The summed E-state index contributed by atoms with van der Waals surface area (Å²) in [4.78, 5) is 25.7. The molecule has 0 unspecified atom stereocenters. The summed E-state index contributed by atoms with van der Waals surface area (Å²) in [5.41, 5.74) is 1.62. The van der Waals surface area contributed by atoms with Gasteiger partial charge in [-0.15, -0.1) is 0 Å². The number of carbonyl (C=O) groups excluding carboxylic acids is 2. The molecular weight excluding hydrogens is 266 g/mol. The van der Waals surface area contributed by atoms with Gasteiger partial charge in [0.25, 0.3) is 5.91 Å². The van der Waals surface area contributed by atoms with Crippen molar-refractivity contribution in [3.63, 3.8) is 0 Å². The molecule has 5 heteroatoms. The number of aromatic nitrogens is 1. The zero-order valence-corrected chi connectivity index (χ0v) is 12.9. The lowest BCUT2D eigenvalue weighted by Crippen LogP contribution is -2.40. The number of likely N-dealkylation sites (N-methyl/N-ethyl adjacent to an activating group) is 1. The fraction of sp³-hybridized carbons (Fsp3) is 0.375. The molecule has 1 N–H and O–H groups in total. The maximum Gasteiger partial charge on any atom is 0.256 e. The summed E-state index contributed by atoms with van der Waals surface area (Å²) in [5.74, 6) is -0.299. The number of amides is 2. The molecule has 112 valence electrons. The van der Waals surface area contributed by atoms with Crippen molar-refractivity contribution >= 4 is 22.7 Å². The molecule has 1 aromatic carbocycles. The normalized spacial score (nSPS) is 10.9. The van der Waals surface area contributed by atoms with E-state index < -0.39 is 0 Å². The number of nitrogens with one attached hydrogen (secondary N) is 1. The summed E-state index contributed by atoms with van der Waals surface area (Å²) < 4.78 is 1.92. The quantitative estimate of drug-likeness (QED) is 0.932. The van der Waals surface area contributed by atoms with Crippen LogP contribution in [0.1, 0.15) is 24.2 Å². The van der Waals surface area contributed by atoms with E-state index in [4.69, 9.17) is 0 Å². The first kappa shape index (κ1) is 15.1. The Balaban J connectivity index is 2.20. The molecule has 0 saturated heterocycles. The van der Waals surface area contributed by atoms with Gasteiger partial charge in [0.2, 0.25) is 5.91 Å². The van der Waals surface area contributed by atoms with E-state index in [1.54, 1.807) is 7.05 Å². The first-order chi connectivity index (χ1) is 9.90. The van der Waals surface area contributed by atoms with Gasteiger partial charge in [-0.2, -0.15) is 0 Å². The molecule has 21 heavy (non-hydrogen) atoms. The molecule has 0 aliphatic rings. The molecule has 0 saturated carbocycles. The summed E-state index contributed by atoms with van der Waals surface area (Å²) in [5, 5.41) is 3.69. The minimum Gasteiger partial charge on any atom is -0.352 e. The van der Waals surface area contributed by atoms with E-state index in [1.807, 2.05) is 55.9 Å². The lowest BCUT2D eigenvalue weighted by molar-refractivity contribution is -0.122. The summed E-state index contributed by atoms with van der Waals surface area (Å²) >= 11 is 0. The Morgan fingerprint density at radius 3 is 2.62 bits per heavy atom. The molecule has 5 nitrogen and oxygen atoms in total. The van der Waals surface area contributed by atoms with E-state index in [0.717, 1.165) is 10.9 Å². The first-order valence-corrected chi connectivity index (χ1v) is 6.99. The van der Waals surface area contributed by atoms with Crippen LogP contribution < -0.4 is 5.32 Å². The third-order valence-corrected chi connectivity index (χ3v) is 3.30. The van der Waals surface area contributed by atoms with Gasteiger partial charge in [0.1, 0.15) is 0 Å². The Hall–Kier alpha value is -2.30. The summed E-state index contributed by atoms with van der Waals surface area (Å²) in [6, 6.07) is 7.81. The van der Waals surface area contributed by atoms with Crippen LogP contribution >= 0.6 is 0 Å². The second-order valence-corrected chi connectivity index (χ2v) is 5.55. The number of rotatable bonds is 4. The molecule has 0 spiro atoms. The average Bonchev–Trinajstić information content (AvgIpc) is 2.75. The number of fused-ring (bicyclic) bond motifs is 1. The second-order valence-electron chi connectivity index (χ2n) is 5.55. The van der Waals surface area contributed by atoms with Gasteiger partial charge in [0.05, 0.1) is 12.1 Å². The molecule has 0 aliphatic heterocycles. The molecule has 2 amide bonds. The predicted octanol–water partition coefficient (Wildman–Crippen LogP) is 1.77. The van der Waals surface area contributed by atoms with Gasteiger partial charge < -0.3 is 14.8 Å². The molecule has 0 bridgehead atoms. The number of para-hydroxylation sites is 1. The monoisotopic (exact) mass is 287 g/mol. The van der Waals surface area contributed by atoms with Crippen LogP contribution in [0.5, 0.6) is 0 Å². The maximum atomic E-state index is 12.5. The lowest BCUT2D eigenvalue weighted by atomic mass is 10.1. The number of carbonyl (C=O) groups is 2. The molecule has 0 atom stereocenters. The maximum absolute atomic E-state index is 12.5. The van der Waals surface area contributed by atoms with E-state index in [-0.39, 0.29) is 24.4 Å². The molecular formula is C16H21N3O2. The van der Waals surface area contributed by atoms with E-state index in [2.05, 4.69) is 5.32 Å². The SMILES string of the molecule is CC(C)NC(=O)CN(C)C(=O)c1cn(C)c2ccccc12. The smallest absolute Gasteiger partial charge is 0.256 e. The van der Waals surface area contributed by atoms with E-state index in [1.165, 1.54) is 4.90 Å². The van der Waals surface area contributed by atoms with Crippen LogP contribution in [0, 0.1) is 0 Å². The zero-order valence-electron chi connectivity index (χ0n) is 12.9. The van der Waals surface area contributed by atoms with Gasteiger partial charge in [-0.3, -0.25) is 9.59 Å². The molecule has 2 rings (SSSR count). The van der Waals surface area contributed by atoms with Crippen molar-refractivity contribution in [2.75, 3.05) is 13.6 Å². The van der Waals surface area contributed by atoms with Crippen molar-refractivity contribution in [3.05, 3.63) is 36.0 Å². The lowest BCUT2D eigenvalue weighted by Gasteiger charge is -2.17. The standard InChI is InChI=1S/C16H21N3O2/c1-11(2)17-15(20)10-19(4)16(21)13-9-18(3)14-8-6-5-7-12(13)14/h5-9,11H,10H2,1-4H3,(H,17,20). The van der Waals surface area contributed by atoms with Crippen molar-refractivity contribution in [2.45, 2.75) is 19.9 Å². The Morgan fingerprint density at radius 1 is 1.29 bits per heavy atom. The zero-order chi connectivity index (χ0) is 15.6. The number of hydrogen-bond acceptors (Lipinski definition) is 2. The Labute approximate surface area is 124 Å². The summed E-state index contributed by atoms with van der Waals surface area (Å²) in [7, 11) is 3.55. The Kier molecular flexibility index (Phi) is 4.31. The van der Waals surface area contributed by atoms with Crippen LogP contribution in [-0.4, -0.2) is 40.9 Å². The minimum atomic E-state index is -0.152. The highest BCUT2D eigenvalue weighted by Crippen LogP contribution is 2.21. The van der Waals surface area contributed by atoms with Crippen LogP contribution in [-0.2, 0) is 11.8 Å². The highest BCUT2D eigenvalue weighted by Gasteiger charge is 2.19. The highest BCUT2D eigenvalue weighted by molar-refractivity contribution is 6.07. The van der Waals surface area contributed by atoms with Crippen molar-refractivity contribution in [1.82, 2.24) is 14.8 Å². The van der Waals surface area contributed by atoms with Crippen LogP contribution in [0.25, 0.3) is 10.9 Å². The molecule has 1 heterocycles. The highest BCUT2D eigenvalue weighted by atomic mass is 16.2. The van der Waals surface area contributed by atoms with E-state index >= 15 is 0 Å². The van der Waals surface area contributed by atoms with Gasteiger partial charge in [0, 0.05) is 37.2 Å². The largest absolute Gasteiger partial charge is 0.352 e. The van der Waals surface area contributed by atoms with Crippen LogP contribution in [0.15, 0.2) is 30.5 Å². The van der Waals surface area contributed by atoms with Crippen molar-refractivity contribution in [3.8, 4) is 0 Å². The van der Waals surface area contributed by atoms with Gasteiger partial charge in [-0.25, -0.2) is 0 Å². The van der Waals surface area contributed by atoms with Crippen LogP contribution in [0.2, 0.25) is 0 Å². The number of hydrogen-bond donors (Lipinski definition) is 1. The molecule has 0 fully saturated rings. The third kappa shape index (κ3) is 3.24. The van der Waals surface area contributed by atoms with Gasteiger partial charge in [-0.1, -0.05) is 18.2 Å². The first-order valence-electron chi connectivity index (χ1n) is 6.99. The fourth-order valence-electron chi connectivity index (χ4n) is 2.37. The number of benzene rings is 1. The number of aryl methyl sites for hydroxylation is 1. The van der Waals surface area contributed by atoms with Crippen LogP contribution in [0.3, 0.4) is 0 Å². The van der Waals surface area contributed by atoms with Crippen LogP contribution in [0.4, 0.5) is 0 Å². The number of nitrogens with zero attached hydrogens (tertiary/aromatic N) is 2. The Morgan fingerprint density at radius 2 is 1.95 bits per heavy atom. The van der Waals surface area contributed by atoms with Gasteiger partial charge in [-0.05, 0) is 19.9 Å². The molecule has 0 radical (unpaired) electrons. The van der Waals surface area contributed by atoms with Gasteiger partial charge in [0.15, 0.2) is 0 Å². The predicted molar refractivity (Wildman–Crippen MR) is 83.2 cm³/mol.